The maximum absolute atomic E-state index is 13.4. The van der Waals surface area contributed by atoms with Crippen LogP contribution in [0.25, 0.3) is 0 Å². The third-order valence-electron chi connectivity index (χ3n) is 2.52. The van der Waals surface area contributed by atoms with Crippen LogP contribution in [0.1, 0.15) is 19.8 Å². The van der Waals surface area contributed by atoms with Gasteiger partial charge in [0.15, 0.2) is 16.8 Å². The number of anilines is 1. The van der Waals surface area contributed by atoms with E-state index in [9.17, 15) is 8.78 Å². The average Bonchev–Trinajstić information content (AvgIpc) is 2.73. The molecule has 0 saturated heterocycles. The number of thioether (sulfide) groups is 1. The summed E-state index contributed by atoms with van der Waals surface area (Å²) in [5, 5.41) is 3.97. The molecule has 5 heteroatoms. The van der Waals surface area contributed by atoms with Crippen LogP contribution < -0.4 is 5.32 Å². The predicted molar refractivity (Wildman–Crippen MR) is 68.6 cm³/mol. The molecule has 0 bridgehead atoms. The van der Waals surface area contributed by atoms with Gasteiger partial charge in [0.25, 0.3) is 0 Å². The molecular formula is C12H14F2N2S. The maximum atomic E-state index is 13.4. The second kappa shape index (κ2) is 5.49. The highest BCUT2D eigenvalue weighted by Gasteiger charge is 2.19. The van der Waals surface area contributed by atoms with Gasteiger partial charge in [0, 0.05) is 5.25 Å². The second-order valence-corrected chi connectivity index (χ2v) is 5.19. The van der Waals surface area contributed by atoms with Crippen molar-refractivity contribution < 1.29 is 8.78 Å². The largest absolute Gasteiger partial charge is 0.332 e. The standard InChI is InChI=1S/C12H14F2N2S/c1-2-4-8-7-15-12(17-8)16-10-6-3-5-9(13)11(10)14/h3,5-6,8H,2,4,7H2,1H3,(H,15,16). The van der Waals surface area contributed by atoms with Gasteiger partial charge in [-0.25, -0.2) is 8.78 Å². The summed E-state index contributed by atoms with van der Waals surface area (Å²) in [6.07, 6.45) is 2.19. The monoisotopic (exact) mass is 256 g/mol. The van der Waals surface area contributed by atoms with Crippen molar-refractivity contribution >= 4 is 22.6 Å². The summed E-state index contributed by atoms with van der Waals surface area (Å²) in [5.41, 5.74) is 0.147. The zero-order chi connectivity index (χ0) is 12.3. The summed E-state index contributed by atoms with van der Waals surface area (Å²) in [5.74, 6) is -1.70. The summed E-state index contributed by atoms with van der Waals surface area (Å²) in [4.78, 5) is 4.28. The van der Waals surface area contributed by atoms with Crippen LogP contribution in [0.2, 0.25) is 0 Å². The molecule has 0 fully saturated rings. The Morgan fingerprint density at radius 1 is 1.47 bits per heavy atom. The van der Waals surface area contributed by atoms with Crippen LogP contribution in [-0.2, 0) is 0 Å². The van der Waals surface area contributed by atoms with E-state index in [1.807, 2.05) is 0 Å². The van der Waals surface area contributed by atoms with Gasteiger partial charge in [-0.3, -0.25) is 4.99 Å². The van der Waals surface area contributed by atoms with E-state index in [2.05, 4.69) is 17.2 Å². The topological polar surface area (TPSA) is 24.4 Å². The van der Waals surface area contributed by atoms with Crippen molar-refractivity contribution in [3.8, 4) is 0 Å². The van der Waals surface area contributed by atoms with Gasteiger partial charge in [-0.15, -0.1) is 0 Å². The van der Waals surface area contributed by atoms with Gasteiger partial charge in [-0.1, -0.05) is 31.2 Å². The third kappa shape index (κ3) is 2.97. The van der Waals surface area contributed by atoms with Crippen molar-refractivity contribution in [3.63, 3.8) is 0 Å². The third-order valence-corrected chi connectivity index (χ3v) is 3.69. The van der Waals surface area contributed by atoms with E-state index in [0.29, 0.717) is 10.4 Å². The van der Waals surface area contributed by atoms with Crippen LogP contribution in [0, 0.1) is 11.6 Å². The molecule has 2 nitrogen and oxygen atoms in total. The van der Waals surface area contributed by atoms with Crippen molar-refractivity contribution in [1.29, 1.82) is 0 Å². The lowest BCUT2D eigenvalue weighted by Gasteiger charge is -2.08. The molecule has 92 valence electrons. The van der Waals surface area contributed by atoms with Crippen molar-refractivity contribution in [2.75, 3.05) is 11.9 Å². The number of halogens is 2. The molecule has 1 atom stereocenters. The van der Waals surface area contributed by atoms with E-state index in [-0.39, 0.29) is 5.69 Å². The summed E-state index contributed by atoms with van der Waals surface area (Å²) >= 11 is 1.59. The molecule has 1 aromatic carbocycles. The van der Waals surface area contributed by atoms with E-state index >= 15 is 0 Å². The molecule has 0 aromatic heterocycles. The number of hydrogen-bond acceptors (Lipinski definition) is 3. The van der Waals surface area contributed by atoms with Crippen LogP contribution in [-0.4, -0.2) is 17.0 Å². The Morgan fingerprint density at radius 3 is 3.06 bits per heavy atom. The minimum absolute atomic E-state index is 0.147. The van der Waals surface area contributed by atoms with Crippen molar-refractivity contribution in [3.05, 3.63) is 29.8 Å². The molecule has 1 aromatic rings. The zero-order valence-corrected chi connectivity index (χ0v) is 10.4. The summed E-state index contributed by atoms with van der Waals surface area (Å²) < 4.78 is 26.4. The fraction of sp³-hybridized carbons (Fsp3) is 0.417. The lowest BCUT2D eigenvalue weighted by molar-refractivity contribution is 0.512. The van der Waals surface area contributed by atoms with Crippen LogP contribution in [0.15, 0.2) is 23.2 Å². The Morgan fingerprint density at radius 2 is 2.29 bits per heavy atom. The van der Waals surface area contributed by atoms with Gasteiger partial charge in [0.05, 0.1) is 12.2 Å². The first kappa shape index (κ1) is 12.4. The van der Waals surface area contributed by atoms with E-state index < -0.39 is 11.6 Å². The molecule has 2 rings (SSSR count). The van der Waals surface area contributed by atoms with Crippen LogP contribution >= 0.6 is 11.8 Å². The van der Waals surface area contributed by atoms with Gasteiger partial charge in [-0.05, 0) is 18.6 Å². The van der Waals surface area contributed by atoms with Gasteiger partial charge in [0.2, 0.25) is 0 Å². The molecule has 1 heterocycles. The van der Waals surface area contributed by atoms with E-state index in [0.717, 1.165) is 25.5 Å². The van der Waals surface area contributed by atoms with Crippen molar-refractivity contribution in [2.45, 2.75) is 25.0 Å². The van der Waals surface area contributed by atoms with E-state index in [1.165, 1.54) is 12.1 Å². The highest BCUT2D eigenvalue weighted by atomic mass is 32.2. The minimum atomic E-state index is -0.852. The van der Waals surface area contributed by atoms with Gasteiger partial charge in [-0.2, -0.15) is 0 Å². The number of benzene rings is 1. The molecule has 0 amide bonds. The lowest BCUT2D eigenvalue weighted by Crippen LogP contribution is -2.09. The lowest BCUT2D eigenvalue weighted by atomic mass is 10.2. The van der Waals surface area contributed by atoms with E-state index in [1.54, 1.807) is 11.8 Å². The quantitative estimate of drug-likeness (QED) is 0.892. The fourth-order valence-corrected chi connectivity index (χ4v) is 2.81. The van der Waals surface area contributed by atoms with Crippen molar-refractivity contribution in [1.82, 2.24) is 0 Å². The van der Waals surface area contributed by atoms with E-state index in [4.69, 9.17) is 0 Å². The summed E-state index contributed by atoms with van der Waals surface area (Å²) in [6, 6.07) is 4.09. The Balaban J connectivity index is 2.01. The Labute approximate surface area is 104 Å². The molecule has 0 radical (unpaired) electrons. The molecule has 1 aliphatic rings. The predicted octanol–water partition coefficient (Wildman–Crippen LogP) is 3.65. The highest BCUT2D eigenvalue weighted by molar-refractivity contribution is 8.15. The smallest absolute Gasteiger partial charge is 0.182 e. The Kier molecular flexibility index (Phi) is 3.99. The zero-order valence-electron chi connectivity index (χ0n) is 9.54. The molecule has 0 saturated carbocycles. The van der Waals surface area contributed by atoms with Gasteiger partial charge in [0.1, 0.15) is 0 Å². The molecule has 17 heavy (non-hydrogen) atoms. The SMILES string of the molecule is CCCC1CN=C(Nc2cccc(F)c2F)S1. The Hall–Kier alpha value is -1.10. The Bertz CT molecular complexity index is 435. The van der Waals surface area contributed by atoms with Gasteiger partial charge >= 0.3 is 0 Å². The molecule has 0 spiro atoms. The highest BCUT2D eigenvalue weighted by Crippen LogP contribution is 2.27. The number of rotatable bonds is 3. The number of nitrogens with one attached hydrogen (secondary N) is 1. The maximum Gasteiger partial charge on any atom is 0.182 e. The minimum Gasteiger partial charge on any atom is -0.332 e. The average molecular weight is 256 g/mol. The van der Waals surface area contributed by atoms with Crippen LogP contribution in [0.4, 0.5) is 14.5 Å². The molecular weight excluding hydrogens is 242 g/mol. The summed E-state index contributed by atoms with van der Waals surface area (Å²) in [7, 11) is 0. The second-order valence-electron chi connectivity index (χ2n) is 3.90. The normalized spacial score (nSPS) is 19.2. The molecule has 1 N–H and O–H groups in total. The number of amidine groups is 1. The number of nitrogens with zero attached hydrogens (tertiary/aromatic N) is 1. The number of hydrogen-bond donors (Lipinski definition) is 1. The van der Waals surface area contributed by atoms with Crippen molar-refractivity contribution in [2.24, 2.45) is 4.99 Å². The molecule has 1 aliphatic heterocycles. The van der Waals surface area contributed by atoms with Crippen LogP contribution in [0.3, 0.4) is 0 Å². The number of aliphatic imine (C=N–C) groups is 1. The summed E-state index contributed by atoms with van der Waals surface area (Å²) in [6.45, 7) is 2.87. The fourth-order valence-electron chi connectivity index (χ4n) is 1.67. The first-order valence-electron chi connectivity index (χ1n) is 5.63. The molecule has 0 aliphatic carbocycles. The molecule has 1 unspecified atom stereocenters. The van der Waals surface area contributed by atoms with Gasteiger partial charge < -0.3 is 5.32 Å². The van der Waals surface area contributed by atoms with Crippen LogP contribution in [0.5, 0.6) is 0 Å². The first-order chi connectivity index (χ1) is 8.20. The first-order valence-corrected chi connectivity index (χ1v) is 6.50.